The van der Waals surface area contributed by atoms with Gasteiger partial charge in [0, 0.05) is 73.2 Å². The molecule has 0 radical (unpaired) electrons. The number of carbonyl (C=O) groups is 1. The number of hydrogen-bond acceptors (Lipinski definition) is 4. The standard InChI is InChI=1S/C28H31FN4O2/c1-32-16-23-26-21(22-15-19(29)4-7-24(22)32)8-11-30-28(26)31-27(23)18-9-12-33(13-10-18)20-5-2-17(3-6-20)14-25(34)35/h4,7-9,11,15,17,20H,2-3,5-6,10,12-14,16H2,1H3,(H,30,31)(H,34,35)/t17-,20-. The van der Waals surface area contributed by atoms with E-state index in [1.807, 2.05) is 12.1 Å². The van der Waals surface area contributed by atoms with Crippen LogP contribution in [0.4, 0.5) is 10.1 Å². The van der Waals surface area contributed by atoms with E-state index in [4.69, 9.17) is 5.11 Å². The second-order valence-electron chi connectivity index (χ2n) is 10.3. The van der Waals surface area contributed by atoms with Gasteiger partial charge in [-0.15, -0.1) is 0 Å². The molecule has 1 saturated carbocycles. The lowest BCUT2D eigenvalue weighted by Gasteiger charge is -2.38. The molecule has 1 aliphatic carbocycles. The maximum atomic E-state index is 14.2. The Balaban J connectivity index is 1.27. The van der Waals surface area contributed by atoms with E-state index < -0.39 is 5.97 Å². The minimum Gasteiger partial charge on any atom is -0.481 e. The second kappa shape index (κ2) is 8.79. The molecule has 35 heavy (non-hydrogen) atoms. The minimum atomic E-state index is -0.673. The molecule has 2 aliphatic heterocycles. The first-order valence-corrected chi connectivity index (χ1v) is 12.6. The highest BCUT2D eigenvalue weighted by Crippen LogP contribution is 2.43. The highest BCUT2D eigenvalue weighted by atomic mass is 19.1. The van der Waals surface area contributed by atoms with Crippen LogP contribution in [-0.2, 0) is 11.3 Å². The Morgan fingerprint density at radius 1 is 1.20 bits per heavy atom. The highest BCUT2D eigenvalue weighted by molar-refractivity contribution is 6.02. The second-order valence-corrected chi connectivity index (χ2v) is 10.3. The maximum Gasteiger partial charge on any atom is 0.303 e. The van der Waals surface area contributed by atoms with Crippen LogP contribution in [0.2, 0.25) is 0 Å². The van der Waals surface area contributed by atoms with Crippen molar-refractivity contribution in [3.05, 3.63) is 53.6 Å². The number of nitrogens with one attached hydrogen (secondary N) is 1. The van der Waals surface area contributed by atoms with Crippen LogP contribution < -0.4 is 4.90 Å². The van der Waals surface area contributed by atoms with Crippen LogP contribution in [0.25, 0.3) is 27.7 Å². The molecule has 0 saturated heterocycles. The number of benzene rings is 1. The Labute approximate surface area is 204 Å². The van der Waals surface area contributed by atoms with Gasteiger partial charge in [0.2, 0.25) is 0 Å². The number of H-pyrrole nitrogens is 1. The molecule has 3 aromatic rings. The SMILES string of the molecule is CN1Cc2c(C3=CCN([C@H]4CC[C@H](CC(=O)O)CC4)CC3)[nH]c3nccc(c23)-c2cc(F)ccc21. The molecule has 0 bridgehead atoms. The summed E-state index contributed by atoms with van der Waals surface area (Å²) in [5.41, 5.74) is 7.54. The van der Waals surface area contributed by atoms with Gasteiger partial charge >= 0.3 is 5.97 Å². The lowest BCUT2D eigenvalue weighted by molar-refractivity contribution is -0.138. The van der Waals surface area contributed by atoms with Gasteiger partial charge in [-0.2, -0.15) is 0 Å². The summed E-state index contributed by atoms with van der Waals surface area (Å²) < 4.78 is 14.2. The lowest BCUT2D eigenvalue weighted by Crippen LogP contribution is -2.40. The number of carboxylic acids is 1. The van der Waals surface area contributed by atoms with Crippen molar-refractivity contribution in [3.63, 3.8) is 0 Å². The molecule has 0 amide bonds. The average Bonchev–Trinajstić information content (AvgIpc) is 3.16. The predicted molar refractivity (Wildman–Crippen MR) is 136 cm³/mol. The number of halogens is 1. The van der Waals surface area contributed by atoms with Gasteiger partial charge in [0.25, 0.3) is 0 Å². The molecule has 4 heterocycles. The number of rotatable bonds is 4. The van der Waals surface area contributed by atoms with Crippen molar-refractivity contribution in [2.45, 2.75) is 51.1 Å². The fraction of sp³-hybridized carbons (Fsp3) is 0.429. The Morgan fingerprint density at radius 2 is 2.03 bits per heavy atom. The molecule has 0 atom stereocenters. The molecule has 1 fully saturated rings. The summed E-state index contributed by atoms with van der Waals surface area (Å²) >= 11 is 0. The number of carboxylic acid groups (broad SMARTS) is 1. The minimum absolute atomic E-state index is 0.228. The zero-order chi connectivity index (χ0) is 24.1. The molecule has 182 valence electrons. The fourth-order valence-electron chi connectivity index (χ4n) is 6.42. The lowest BCUT2D eigenvalue weighted by atomic mass is 9.83. The quantitative estimate of drug-likeness (QED) is 0.527. The van der Waals surface area contributed by atoms with E-state index in [0.29, 0.717) is 18.4 Å². The van der Waals surface area contributed by atoms with Crippen molar-refractivity contribution in [1.82, 2.24) is 14.9 Å². The van der Waals surface area contributed by atoms with Gasteiger partial charge in [0.15, 0.2) is 0 Å². The summed E-state index contributed by atoms with van der Waals surface area (Å²) in [5, 5.41) is 10.2. The highest BCUT2D eigenvalue weighted by Gasteiger charge is 2.30. The van der Waals surface area contributed by atoms with Crippen LogP contribution >= 0.6 is 0 Å². The van der Waals surface area contributed by atoms with E-state index in [-0.39, 0.29) is 5.82 Å². The van der Waals surface area contributed by atoms with Crippen molar-refractivity contribution in [1.29, 1.82) is 0 Å². The number of aromatic amines is 1. The van der Waals surface area contributed by atoms with E-state index in [2.05, 4.69) is 32.9 Å². The Kier molecular flexibility index (Phi) is 5.60. The number of nitrogens with zero attached hydrogens (tertiary/aromatic N) is 3. The van der Waals surface area contributed by atoms with Crippen LogP contribution in [0.1, 0.15) is 49.8 Å². The van der Waals surface area contributed by atoms with Crippen LogP contribution in [0.3, 0.4) is 0 Å². The molecule has 6 rings (SSSR count). The van der Waals surface area contributed by atoms with Gasteiger partial charge < -0.3 is 15.0 Å². The third-order valence-corrected chi connectivity index (χ3v) is 8.21. The largest absolute Gasteiger partial charge is 0.481 e. The molecule has 0 unspecified atom stereocenters. The van der Waals surface area contributed by atoms with Gasteiger partial charge in [0.05, 0.1) is 0 Å². The maximum absolute atomic E-state index is 14.2. The van der Waals surface area contributed by atoms with E-state index in [9.17, 15) is 9.18 Å². The van der Waals surface area contributed by atoms with Crippen molar-refractivity contribution in [2.24, 2.45) is 5.92 Å². The van der Waals surface area contributed by atoms with Crippen LogP contribution in [0, 0.1) is 11.7 Å². The first-order valence-electron chi connectivity index (χ1n) is 12.6. The fourth-order valence-corrected chi connectivity index (χ4v) is 6.42. The van der Waals surface area contributed by atoms with Gasteiger partial charge in [0.1, 0.15) is 11.5 Å². The van der Waals surface area contributed by atoms with Crippen LogP contribution in [-0.4, -0.2) is 52.1 Å². The van der Waals surface area contributed by atoms with Crippen molar-refractivity contribution < 1.29 is 14.3 Å². The van der Waals surface area contributed by atoms with E-state index in [1.165, 1.54) is 17.2 Å². The van der Waals surface area contributed by atoms with Gasteiger partial charge in [-0.05, 0) is 73.4 Å². The number of aliphatic carboxylic acids is 1. The summed E-state index contributed by atoms with van der Waals surface area (Å²) in [7, 11) is 2.07. The summed E-state index contributed by atoms with van der Waals surface area (Å²) in [6.45, 7) is 2.66. The zero-order valence-corrected chi connectivity index (χ0v) is 20.1. The monoisotopic (exact) mass is 474 g/mol. The van der Waals surface area contributed by atoms with Crippen molar-refractivity contribution >= 4 is 28.3 Å². The third kappa shape index (κ3) is 4.01. The van der Waals surface area contributed by atoms with E-state index in [0.717, 1.165) is 85.3 Å². The smallest absolute Gasteiger partial charge is 0.303 e. The molecule has 7 heteroatoms. The predicted octanol–water partition coefficient (Wildman–Crippen LogP) is 5.44. The number of fused-ring (bicyclic) bond motifs is 2. The molecular weight excluding hydrogens is 443 g/mol. The number of aromatic nitrogens is 2. The van der Waals surface area contributed by atoms with Gasteiger partial charge in [-0.25, -0.2) is 9.37 Å². The molecule has 6 nitrogen and oxygen atoms in total. The number of anilines is 1. The molecule has 2 aromatic heterocycles. The summed E-state index contributed by atoms with van der Waals surface area (Å²) in [6.07, 6.45) is 9.63. The summed E-state index contributed by atoms with van der Waals surface area (Å²) in [6, 6.07) is 7.58. The summed E-state index contributed by atoms with van der Waals surface area (Å²) in [5.74, 6) is -0.568. The van der Waals surface area contributed by atoms with E-state index in [1.54, 1.807) is 12.3 Å². The number of hydrogen-bond donors (Lipinski definition) is 2. The first kappa shape index (κ1) is 22.3. The van der Waals surface area contributed by atoms with Crippen molar-refractivity contribution in [2.75, 3.05) is 25.0 Å². The molecular formula is C28H31FN4O2. The Morgan fingerprint density at radius 3 is 2.77 bits per heavy atom. The summed E-state index contributed by atoms with van der Waals surface area (Å²) in [4.78, 5) is 24.0. The Bertz CT molecular complexity index is 1320. The first-order chi connectivity index (χ1) is 17.0. The van der Waals surface area contributed by atoms with E-state index >= 15 is 0 Å². The molecule has 1 aromatic carbocycles. The zero-order valence-electron chi connectivity index (χ0n) is 20.1. The topological polar surface area (TPSA) is 72.5 Å². The number of pyridine rings is 1. The third-order valence-electron chi connectivity index (χ3n) is 8.21. The molecule has 0 spiro atoms. The van der Waals surface area contributed by atoms with Crippen LogP contribution in [0.5, 0.6) is 0 Å². The van der Waals surface area contributed by atoms with Gasteiger partial charge in [-0.3, -0.25) is 9.69 Å². The van der Waals surface area contributed by atoms with Crippen LogP contribution in [0.15, 0.2) is 36.5 Å². The normalized spacial score (nSPS) is 22.6. The average molecular weight is 475 g/mol. The van der Waals surface area contributed by atoms with Gasteiger partial charge in [-0.1, -0.05) is 6.08 Å². The molecule has 2 N–H and O–H groups in total. The Hall–Kier alpha value is -3.19. The van der Waals surface area contributed by atoms with Crippen molar-refractivity contribution in [3.8, 4) is 11.1 Å². The molecule has 3 aliphatic rings.